The standard InChI is InChI=1S/C20H26F3N5O3S/c1-30-17-5-3-16(4-6-17)28-15-24-25-19(28)32-13-18(29)27-10-8-26(9-11-27)7-2-12-31-14-20(21,22)23/h3-6,15H,2,7-14H2,1H3. The van der Waals surface area contributed by atoms with Crippen molar-refractivity contribution in [1.29, 1.82) is 0 Å². The minimum atomic E-state index is -4.29. The molecule has 0 saturated carbocycles. The maximum absolute atomic E-state index is 12.6. The van der Waals surface area contributed by atoms with Crippen molar-refractivity contribution in [3.63, 3.8) is 0 Å². The Morgan fingerprint density at radius 2 is 1.88 bits per heavy atom. The average Bonchev–Trinajstić information content (AvgIpc) is 3.25. The van der Waals surface area contributed by atoms with Gasteiger partial charge in [0, 0.05) is 45.0 Å². The van der Waals surface area contributed by atoms with Gasteiger partial charge in [0.15, 0.2) is 5.16 Å². The fourth-order valence-corrected chi connectivity index (χ4v) is 4.09. The molecule has 0 spiro atoms. The molecule has 0 N–H and O–H groups in total. The van der Waals surface area contributed by atoms with Crippen LogP contribution < -0.4 is 4.74 Å². The average molecular weight is 474 g/mol. The predicted octanol–water partition coefficient (Wildman–Crippen LogP) is 2.48. The smallest absolute Gasteiger partial charge is 0.411 e. The lowest BCUT2D eigenvalue weighted by molar-refractivity contribution is -0.174. The fraction of sp³-hybridized carbons (Fsp3) is 0.550. The van der Waals surface area contributed by atoms with Crippen molar-refractivity contribution < 1.29 is 27.4 Å². The molecule has 1 fully saturated rings. The number of carbonyl (C=O) groups excluding carboxylic acids is 1. The van der Waals surface area contributed by atoms with E-state index in [2.05, 4.69) is 19.8 Å². The number of piperazine rings is 1. The molecule has 1 aliphatic rings. The largest absolute Gasteiger partial charge is 0.497 e. The summed E-state index contributed by atoms with van der Waals surface area (Å²) >= 11 is 1.33. The van der Waals surface area contributed by atoms with Crippen LogP contribution in [0.15, 0.2) is 35.7 Å². The molecule has 176 valence electrons. The molecular weight excluding hydrogens is 447 g/mol. The number of carbonyl (C=O) groups is 1. The van der Waals surface area contributed by atoms with Gasteiger partial charge in [-0.1, -0.05) is 11.8 Å². The van der Waals surface area contributed by atoms with Gasteiger partial charge in [-0.05, 0) is 30.7 Å². The van der Waals surface area contributed by atoms with E-state index >= 15 is 0 Å². The fourth-order valence-electron chi connectivity index (χ4n) is 3.26. The molecule has 32 heavy (non-hydrogen) atoms. The van der Waals surface area contributed by atoms with Crippen molar-refractivity contribution >= 4 is 17.7 Å². The van der Waals surface area contributed by atoms with Crippen LogP contribution in [0, 0.1) is 0 Å². The molecule has 3 rings (SSSR count). The Labute approximate surface area is 188 Å². The second kappa shape index (κ2) is 11.5. The SMILES string of the molecule is COc1ccc(-n2cnnc2SCC(=O)N2CCN(CCCOCC(F)(F)F)CC2)cc1. The molecule has 0 unspecified atom stereocenters. The number of ether oxygens (including phenoxy) is 2. The maximum Gasteiger partial charge on any atom is 0.411 e. The summed E-state index contributed by atoms with van der Waals surface area (Å²) in [5, 5.41) is 8.69. The summed E-state index contributed by atoms with van der Waals surface area (Å²) in [4.78, 5) is 16.5. The number of amides is 1. The molecular formula is C20H26F3N5O3S. The van der Waals surface area contributed by atoms with Gasteiger partial charge in [-0.25, -0.2) is 0 Å². The molecule has 2 aromatic rings. The van der Waals surface area contributed by atoms with E-state index in [0.717, 1.165) is 11.4 Å². The minimum absolute atomic E-state index is 0.0208. The van der Waals surface area contributed by atoms with Crippen LogP contribution in [-0.2, 0) is 9.53 Å². The van der Waals surface area contributed by atoms with Gasteiger partial charge in [0.2, 0.25) is 5.91 Å². The lowest BCUT2D eigenvalue weighted by atomic mass is 10.3. The zero-order valence-electron chi connectivity index (χ0n) is 17.8. The number of halogens is 3. The van der Waals surface area contributed by atoms with Crippen LogP contribution in [-0.4, -0.2) is 95.4 Å². The topological polar surface area (TPSA) is 72.7 Å². The molecule has 0 aliphatic carbocycles. The summed E-state index contributed by atoms with van der Waals surface area (Å²) in [5.41, 5.74) is 0.874. The lowest BCUT2D eigenvalue weighted by Gasteiger charge is -2.34. The third kappa shape index (κ3) is 7.38. The maximum atomic E-state index is 12.6. The molecule has 1 aromatic carbocycles. The zero-order chi connectivity index (χ0) is 23.0. The van der Waals surface area contributed by atoms with Gasteiger partial charge in [-0.3, -0.25) is 14.3 Å². The van der Waals surface area contributed by atoms with Crippen LogP contribution in [0.1, 0.15) is 6.42 Å². The van der Waals surface area contributed by atoms with Crippen LogP contribution in [0.2, 0.25) is 0 Å². The number of hydrogen-bond acceptors (Lipinski definition) is 7. The third-order valence-electron chi connectivity index (χ3n) is 4.95. The monoisotopic (exact) mass is 473 g/mol. The number of alkyl halides is 3. The number of benzene rings is 1. The highest BCUT2D eigenvalue weighted by Gasteiger charge is 2.27. The first-order valence-corrected chi connectivity index (χ1v) is 11.2. The number of rotatable bonds is 10. The Bertz CT molecular complexity index is 855. The van der Waals surface area contributed by atoms with E-state index in [1.165, 1.54) is 11.8 Å². The Kier molecular flexibility index (Phi) is 8.76. The Morgan fingerprint density at radius 1 is 1.16 bits per heavy atom. The van der Waals surface area contributed by atoms with E-state index in [0.29, 0.717) is 44.3 Å². The molecule has 1 aliphatic heterocycles. The third-order valence-corrected chi connectivity index (χ3v) is 5.87. The summed E-state index contributed by atoms with van der Waals surface area (Å²) < 4.78 is 47.8. The van der Waals surface area contributed by atoms with Crippen molar-refractivity contribution in [3.8, 4) is 11.4 Å². The van der Waals surface area contributed by atoms with Gasteiger partial charge in [0.05, 0.1) is 12.9 Å². The van der Waals surface area contributed by atoms with Crippen molar-refractivity contribution in [2.45, 2.75) is 17.8 Å². The van der Waals surface area contributed by atoms with Crippen molar-refractivity contribution in [1.82, 2.24) is 24.6 Å². The Balaban J connectivity index is 1.38. The van der Waals surface area contributed by atoms with Gasteiger partial charge in [0.25, 0.3) is 0 Å². The van der Waals surface area contributed by atoms with Gasteiger partial charge in [-0.15, -0.1) is 10.2 Å². The Hall–Kier alpha value is -2.31. The predicted molar refractivity (Wildman–Crippen MR) is 113 cm³/mol. The van der Waals surface area contributed by atoms with E-state index < -0.39 is 12.8 Å². The number of thioether (sulfide) groups is 1. The van der Waals surface area contributed by atoms with Crippen LogP contribution in [0.25, 0.3) is 5.69 Å². The molecule has 1 amide bonds. The highest BCUT2D eigenvalue weighted by atomic mass is 32.2. The molecule has 0 radical (unpaired) electrons. The molecule has 1 aromatic heterocycles. The van der Waals surface area contributed by atoms with E-state index in [1.807, 2.05) is 28.8 Å². The van der Waals surface area contributed by atoms with E-state index in [-0.39, 0.29) is 18.3 Å². The normalized spacial score (nSPS) is 15.2. The second-order valence-electron chi connectivity index (χ2n) is 7.21. The lowest BCUT2D eigenvalue weighted by Crippen LogP contribution is -2.49. The van der Waals surface area contributed by atoms with Crippen LogP contribution in [0.4, 0.5) is 13.2 Å². The van der Waals surface area contributed by atoms with Crippen molar-refractivity contribution in [3.05, 3.63) is 30.6 Å². The summed E-state index contributed by atoms with van der Waals surface area (Å²) in [7, 11) is 1.60. The van der Waals surface area contributed by atoms with Gasteiger partial charge in [-0.2, -0.15) is 13.2 Å². The number of methoxy groups -OCH3 is 1. The molecule has 1 saturated heterocycles. The van der Waals surface area contributed by atoms with Crippen LogP contribution >= 0.6 is 11.8 Å². The number of hydrogen-bond donors (Lipinski definition) is 0. The summed E-state index contributed by atoms with van der Waals surface area (Å²) in [5.74, 6) is 1.02. The van der Waals surface area contributed by atoms with Crippen LogP contribution in [0.5, 0.6) is 5.75 Å². The van der Waals surface area contributed by atoms with Gasteiger partial charge in [0.1, 0.15) is 18.7 Å². The summed E-state index contributed by atoms with van der Waals surface area (Å²) in [6.45, 7) is 2.08. The number of aromatic nitrogens is 3. The van der Waals surface area contributed by atoms with Crippen molar-refractivity contribution in [2.75, 3.05) is 58.8 Å². The van der Waals surface area contributed by atoms with E-state index in [9.17, 15) is 18.0 Å². The highest BCUT2D eigenvalue weighted by Crippen LogP contribution is 2.22. The first-order valence-electron chi connectivity index (χ1n) is 10.2. The Morgan fingerprint density at radius 3 is 2.53 bits per heavy atom. The zero-order valence-corrected chi connectivity index (χ0v) is 18.6. The van der Waals surface area contributed by atoms with E-state index in [4.69, 9.17) is 4.74 Å². The molecule has 12 heteroatoms. The van der Waals surface area contributed by atoms with Crippen molar-refractivity contribution in [2.24, 2.45) is 0 Å². The highest BCUT2D eigenvalue weighted by molar-refractivity contribution is 7.99. The number of nitrogens with zero attached hydrogens (tertiary/aromatic N) is 5. The molecule has 2 heterocycles. The molecule has 8 nitrogen and oxygen atoms in total. The first-order chi connectivity index (χ1) is 15.4. The molecule has 0 atom stereocenters. The first kappa shape index (κ1) is 24.3. The van der Waals surface area contributed by atoms with Gasteiger partial charge < -0.3 is 14.4 Å². The van der Waals surface area contributed by atoms with E-state index in [1.54, 1.807) is 18.3 Å². The second-order valence-corrected chi connectivity index (χ2v) is 8.16. The minimum Gasteiger partial charge on any atom is -0.497 e. The summed E-state index contributed by atoms with van der Waals surface area (Å²) in [6, 6.07) is 7.47. The van der Waals surface area contributed by atoms with Crippen LogP contribution in [0.3, 0.4) is 0 Å². The quantitative estimate of drug-likeness (QED) is 0.388. The molecule has 0 bridgehead atoms. The summed E-state index contributed by atoms with van der Waals surface area (Å²) in [6.07, 6.45) is -2.15. The van der Waals surface area contributed by atoms with Gasteiger partial charge >= 0.3 is 6.18 Å².